The summed E-state index contributed by atoms with van der Waals surface area (Å²) in [7, 11) is 0. The molecular formula is C9H5NO. The molecule has 0 radical (unpaired) electrons. The summed E-state index contributed by atoms with van der Waals surface area (Å²) in [6.45, 7) is 0. The Balaban J connectivity index is 2.58. The molecule has 1 aliphatic rings. The van der Waals surface area contributed by atoms with Crippen molar-refractivity contribution in [3.8, 4) is 0 Å². The van der Waals surface area contributed by atoms with Gasteiger partial charge in [-0.3, -0.25) is 4.98 Å². The lowest BCUT2D eigenvalue weighted by molar-refractivity contribution is 0.614. The summed E-state index contributed by atoms with van der Waals surface area (Å²) >= 11 is 0. The monoisotopic (exact) mass is 143 g/mol. The number of rotatable bonds is 0. The fourth-order valence-corrected chi connectivity index (χ4v) is 1.35. The maximum Gasteiger partial charge on any atom is 0.152 e. The Hall–Kier alpha value is -1.57. The molecule has 2 aromatic heterocycles. The van der Waals surface area contributed by atoms with Crippen LogP contribution in [0.1, 0.15) is 11.3 Å². The summed E-state index contributed by atoms with van der Waals surface area (Å²) in [4.78, 5) is 4.19. The third-order valence-corrected chi connectivity index (χ3v) is 1.99. The highest BCUT2D eigenvalue weighted by atomic mass is 16.3. The third-order valence-electron chi connectivity index (χ3n) is 1.99. The molecule has 0 unspecified atom stereocenters. The normalized spacial score (nSPS) is 13.1. The van der Waals surface area contributed by atoms with E-state index in [2.05, 4.69) is 11.1 Å². The molecule has 2 aromatic rings. The van der Waals surface area contributed by atoms with Crippen LogP contribution in [0.4, 0.5) is 0 Å². The molecule has 11 heavy (non-hydrogen) atoms. The average molecular weight is 143 g/mol. The lowest BCUT2D eigenvalue weighted by Gasteiger charge is -2.07. The second-order valence-electron chi connectivity index (χ2n) is 2.59. The highest BCUT2D eigenvalue weighted by Crippen LogP contribution is 2.29. The van der Waals surface area contributed by atoms with Gasteiger partial charge in [-0.15, -0.1) is 0 Å². The Morgan fingerprint density at radius 1 is 1.27 bits per heavy atom. The maximum atomic E-state index is 5.19. The molecule has 0 atom stereocenters. The fraction of sp³-hybridized carbons (Fsp3) is 0. The maximum absolute atomic E-state index is 5.19. The Bertz CT molecular complexity index is 454. The first-order valence-corrected chi connectivity index (χ1v) is 3.49. The summed E-state index contributed by atoms with van der Waals surface area (Å²) in [5.74, 6) is 0. The van der Waals surface area contributed by atoms with Crippen LogP contribution in [-0.4, -0.2) is 4.98 Å². The van der Waals surface area contributed by atoms with Crippen LogP contribution < -0.4 is 0 Å². The summed E-state index contributed by atoms with van der Waals surface area (Å²) in [5.41, 5.74) is 3.14. The molecule has 0 aliphatic heterocycles. The molecule has 2 nitrogen and oxygen atoms in total. The van der Waals surface area contributed by atoms with Gasteiger partial charge in [0.05, 0.1) is 18.2 Å². The second-order valence-corrected chi connectivity index (χ2v) is 2.59. The predicted molar refractivity (Wildman–Crippen MR) is 42.9 cm³/mol. The Labute approximate surface area is 63.2 Å². The van der Waals surface area contributed by atoms with Crippen LogP contribution in [0.25, 0.3) is 23.1 Å². The van der Waals surface area contributed by atoms with E-state index >= 15 is 0 Å². The van der Waals surface area contributed by atoms with E-state index in [1.807, 2.05) is 12.1 Å². The molecule has 2 heterocycles. The molecule has 3 rings (SSSR count). The number of hydrogen-bond acceptors (Lipinski definition) is 2. The standard InChI is InChI=1S/C9H5NO/c1-2-8-6(1)7-3-4-11-9(7)5-10-8/h1-5H. The van der Waals surface area contributed by atoms with Crippen molar-refractivity contribution in [2.24, 2.45) is 0 Å². The van der Waals surface area contributed by atoms with Crippen molar-refractivity contribution in [2.45, 2.75) is 0 Å². The zero-order valence-electron chi connectivity index (χ0n) is 5.74. The van der Waals surface area contributed by atoms with Gasteiger partial charge in [-0.05, 0) is 18.2 Å². The first-order valence-electron chi connectivity index (χ1n) is 3.49. The first kappa shape index (κ1) is 5.13. The van der Waals surface area contributed by atoms with Gasteiger partial charge in [0.1, 0.15) is 0 Å². The summed E-state index contributed by atoms with van der Waals surface area (Å²) in [6.07, 6.45) is 7.51. The molecule has 0 N–H and O–H groups in total. The zero-order chi connectivity index (χ0) is 7.26. The number of hydrogen-bond donors (Lipinski definition) is 0. The van der Waals surface area contributed by atoms with E-state index in [1.165, 1.54) is 5.56 Å². The van der Waals surface area contributed by atoms with Crippen molar-refractivity contribution in [3.05, 3.63) is 29.8 Å². The van der Waals surface area contributed by atoms with Crippen molar-refractivity contribution < 1.29 is 4.42 Å². The number of furan rings is 1. The topological polar surface area (TPSA) is 26.0 Å². The SMILES string of the molecule is C1=Cc2c1ncc1occc21. The van der Waals surface area contributed by atoms with Crippen LogP contribution >= 0.6 is 0 Å². The van der Waals surface area contributed by atoms with E-state index in [-0.39, 0.29) is 0 Å². The summed E-state index contributed by atoms with van der Waals surface area (Å²) in [5, 5.41) is 1.16. The Morgan fingerprint density at radius 2 is 2.27 bits per heavy atom. The lowest BCUT2D eigenvalue weighted by atomic mass is 10.0. The van der Waals surface area contributed by atoms with Gasteiger partial charge in [-0.2, -0.15) is 0 Å². The molecule has 0 amide bonds. The summed E-state index contributed by atoms with van der Waals surface area (Å²) in [6, 6.07) is 1.97. The molecule has 0 fully saturated rings. The number of nitrogens with zero attached hydrogens (tertiary/aromatic N) is 1. The van der Waals surface area contributed by atoms with Crippen LogP contribution in [0.3, 0.4) is 0 Å². The van der Waals surface area contributed by atoms with Gasteiger partial charge in [0.2, 0.25) is 0 Å². The quantitative estimate of drug-likeness (QED) is 0.482. The Kier molecular flexibility index (Phi) is 0.714. The van der Waals surface area contributed by atoms with Gasteiger partial charge >= 0.3 is 0 Å². The van der Waals surface area contributed by atoms with Crippen molar-refractivity contribution >= 4 is 23.1 Å². The van der Waals surface area contributed by atoms with Crippen molar-refractivity contribution in [1.82, 2.24) is 4.98 Å². The van der Waals surface area contributed by atoms with Gasteiger partial charge in [-0.1, -0.05) is 0 Å². The minimum atomic E-state index is 0.869. The highest BCUT2D eigenvalue weighted by Gasteiger charge is 2.11. The van der Waals surface area contributed by atoms with Crippen molar-refractivity contribution in [3.63, 3.8) is 0 Å². The molecule has 0 bridgehead atoms. The predicted octanol–water partition coefficient (Wildman–Crippen LogP) is 2.31. The zero-order valence-corrected chi connectivity index (χ0v) is 5.74. The highest BCUT2D eigenvalue weighted by molar-refractivity contribution is 5.98. The first-order chi connectivity index (χ1) is 5.45. The Morgan fingerprint density at radius 3 is 3.09 bits per heavy atom. The van der Waals surface area contributed by atoms with E-state index in [0.29, 0.717) is 0 Å². The molecule has 0 aromatic carbocycles. The largest absolute Gasteiger partial charge is 0.463 e. The minimum Gasteiger partial charge on any atom is -0.463 e. The number of fused-ring (bicyclic) bond motifs is 3. The van der Waals surface area contributed by atoms with Crippen molar-refractivity contribution in [1.29, 1.82) is 0 Å². The minimum absolute atomic E-state index is 0.869. The van der Waals surface area contributed by atoms with Gasteiger partial charge in [0, 0.05) is 10.9 Å². The van der Waals surface area contributed by atoms with E-state index in [4.69, 9.17) is 4.42 Å². The number of pyridine rings is 1. The number of aromatic nitrogens is 1. The molecular weight excluding hydrogens is 138 g/mol. The van der Waals surface area contributed by atoms with Gasteiger partial charge in [0.15, 0.2) is 5.58 Å². The van der Waals surface area contributed by atoms with Crippen LogP contribution in [0.15, 0.2) is 22.9 Å². The van der Waals surface area contributed by atoms with E-state index in [0.717, 1.165) is 16.7 Å². The summed E-state index contributed by atoms with van der Waals surface area (Å²) < 4.78 is 5.19. The lowest BCUT2D eigenvalue weighted by Crippen LogP contribution is -1.92. The molecule has 52 valence electrons. The van der Waals surface area contributed by atoms with Crippen LogP contribution in [0, 0.1) is 0 Å². The molecule has 0 saturated carbocycles. The average Bonchev–Trinajstić information content (AvgIpc) is 2.34. The van der Waals surface area contributed by atoms with Gasteiger partial charge in [0.25, 0.3) is 0 Å². The van der Waals surface area contributed by atoms with E-state index in [1.54, 1.807) is 12.5 Å². The van der Waals surface area contributed by atoms with Crippen LogP contribution in [-0.2, 0) is 0 Å². The van der Waals surface area contributed by atoms with Gasteiger partial charge < -0.3 is 4.42 Å². The van der Waals surface area contributed by atoms with Crippen LogP contribution in [0.5, 0.6) is 0 Å². The third kappa shape index (κ3) is 0.499. The molecule has 2 heteroatoms. The van der Waals surface area contributed by atoms with Crippen molar-refractivity contribution in [2.75, 3.05) is 0 Å². The van der Waals surface area contributed by atoms with E-state index in [9.17, 15) is 0 Å². The molecule has 1 aliphatic carbocycles. The molecule has 0 saturated heterocycles. The van der Waals surface area contributed by atoms with E-state index < -0.39 is 0 Å². The van der Waals surface area contributed by atoms with Crippen LogP contribution in [0.2, 0.25) is 0 Å². The molecule has 0 spiro atoms. The van der Waals surface area contributed by atoms with Gasteiger partial charge in [-0.25, -0.2) is 0 Å². The second kappa shape index (κ2) is 1.53. The fourth-order valence-electron chi connectivity index (χ4n) is 1.35. The smallest absolute Gasteiger partial charge is 0.152 e.